The lowest BCUT2D eigenvalue weighted by Crippen LogP contribution is -2.57. The first kappa shape index (κ1) is 25.2. The first-order valence-corrected chi connectivity index (χ1v) is 13.5. The highest BCUT2D eigenvalue weighted by atomic mass is 16.6. The summed E-state index contributed by atoms with van der Waals surface area (Å²) in [5, 5.41) is 18.5. The van der Waals surface area contributed by atoms with E-state index in [1.165, 1.54) is 5.57 Å². The van der Waals surface area contributed by atoms with E-state index in [-0.39, 0.29) is 29.1 Å². The number of Topliss-reactive ketones (excluding diaryl/α,β-unsaturated/α-hetero) is 1. The van der Waals surface area contributed by atoms with Crippen molar-refractivity contribution in [1.29, 1.82) is 0 Å². The Morgan fingerprint density at radius 3 is 2.75 bits per heavy atom. The van der Waals surface area contributed by atoms with Crippen molar-refractivity contribution >= 4 is 17.4 Å². The van der Waals surface area contributed by atoms with Gasteiger partial charge in [-0.25, -0.2) is 4.98 Å². The van der Waals surface area contributed by atoms with E-state index in [4.69, 9.17) is 4.84 Å². The van der Waals surface area contributed by atoms with Gasteiger partial charge in [0.2, 0.25) is 0 Å². The molecule has 0 bridgehead atoms. The van der Waals surface area contributed by atoms with Gasteiger partial charge in [0.1, 0.15) is 5.60 Å². The minimum absolute atomic E-state index is 0.0569. The summed E-state index contributed by atoms with van der Waals surface area (Å²) < 4.78 is 0. The van der Waals surface area contributed by atoms with E-state index in [2.05, 4.69) is 40.4 Å². The summed E-state index contributed by atoms with van der Waals surface area (Å²) in [6.07, 6.45) is 13.8. The maximum absolute atomic E-state index is 12.4. The van der Waals surface area contributed by atoms with Gasteiger partial charge in [-0.2, -0.15) is 0 Å². The number of hydrogen-bond acceptors (Lipinski definition) is 6. The predicted molar refractivity (Wildman–Crippen MR) is 136 cm³/mol. The van der Waals surface area contributed by atoms with Crippen molar-refractivity contribution in [1.82, 2.24) is 15.3 Å². The molecule has 0 aromatic carbocycles. The van der Waals surface area contributed by atoms with Crippen molar-refractivity contribution < 1.29 is 19.5 Å². The molecule has 1 heterocycles. The number of aromatic amines is 1. The highest BCUT2D eigenvalue weighted by Crippen LogP contribution is 2.67. The number of aliphatic hydroxyl groups is 1. The molecular formula is C28H40N4O4. The summed E-state index contributed by atoms with van der Waals surface area (Å²) in [7, 11) is 0. The molecule has 0 unspecified atom stereocenters. The molecule has 0 spiro atoms. The summed E-state index contributed by atoms with van der Waals surface area (Å²) in [6, 6.07) is 0. The monoisotopic (exact) mass is 496 g/mol. The van der Waals surface area contributed by atoms with Crippen molar-refractivity contribution in [2.24, 2.45) is 33.7 Å². The van der Waals surface area contributed by atoms with Crippen molar-refractivity contribution in [3.8, 4) is 0 Å². The third kappa shape index (κ3) is 4.11. The fourth-order valence-electron chi connectivity index (χ4n) is 8.22. The molecule has 3 N–H and O–H groups in total. The molecule has 36 heavy (non-hydrogen) atoms. The van der Waals surface area contributed by atoms with Gasteiger partial charge >= 0.3 is 0 Å². The summed E-state index contributed by atoms with van der Waals surface area (Å²) in [6.45, 7) is 6.59. The smallest absolute Gasteiger partial charge is 0.260 e. The number of allylic oxidation sites excluding steroid dienone is 2. The number of hydrogen-bond donors (Lipinski definition) is 3. The molecule has 5 rings (SSSR count). The number of carbonyl (C=O) groups excluding carboxylic acids is 2. The van der Waals surface area contributed by atoms with Crippen LogP contribution in [-0.2, 0) is 20.8 Å². The van der Waals surface area contributed by atoms with Crippen molar-refractivity contribution in [3.05, 3.63) is 29.9 Å². The average molecular weight is 497 g/mol. The van der Waals surface area contributed by atoms with Crippen molar-refractivity contribution in [2.75, 3.05) is 13.2 Å². The van der Waals surface area contributed by atoms with Crippen molar-refractivity contribution in [2.45, 2.75) is 84.2 Å². The number of oxime groups is 1. The van der Waals surface area contributed by atoms with Crippen LogP contribution >= 0.6 is 0 Å². The Labute approximate surface area is 213 Å². The number of fused-ring (bicyclic) bond motifs is 5. The van der Waals surface area contributed by atoms with E-state index in [1.54, 1.807) is 19.4 Å². The molecule has 4 aliphatic carbocycles. The molecule has 196 valence electrons. The predicted octanol–water partition coefficient (Wildman–Crippen LogP) is 3.72. The number of rotatable bonds is 7. The topological polar surface area (TPSA) is 117 Å². The molecule has 1 amide bonds. The van der Waals surface area contributed by atoms with Gasteiger partial charge in [-0.05, 0) is 87.5 Å². The van der Waals surface area contributed by atoms with Gasteiger partial charge in [0, 0.05) is 30.3 Å². The Morgan fingerprint density at radius 1 is 1.19 bits per heavy atom. The summed E-state index contributed by atoms with van der Waals surface area (Å²) in [4.78, 5) is 36.9. The molecule has 8 nitrogen and oxygen atoms in total. The van der Waals surface area contributed by atoms with Gasteiger partial charge < -0.3 is 20.2 Å². The summed E-state index contributed by atoms with van der Waals surface area (Å²) in [5.74, 6) is 1.31. The third-order valence-electron chi connectivity index (χ3n) is 10.4. The molecule has 0 aliphatic heterocycles. The average Bonchev–Trinajstić information content (AvgIpc) is 3.46. The number of ketones is 1. The number of aromatic nitrogens is 2. The molecule has 0 saturated heterocycles. The fraction of sp³-hybridized carbons (Fsp3) is 0.714. The number of imidazole rings is 1. The Bertz CT molecular complexity index is 1070. The summed E-state index contributed by atoms with van der Waals surface area (Å²) in [5.41, 5.74) is 2.02. The molecular weight excluding hydrogens is 456 g/mol. The van der Waals surface area contributed by atoms with Crippen LogP contribution in [0.1, 0.15) is 77.8 Å². The lowest BCUT2D eigenvalue weighted by Gasteiger charge is -2.59. The van der Waals surface area contributed by atoms with Crippen LogP contribution in [-0.4, -0.2) is 51.2 Å². The second kappa shape index (κ2) is 9.43. The van der Waals surface area contributed by atoms with Crippen LogP contribution in [0, 0.1) is 28.6 Å². The first-order valence-electron chi connectivity index (χ1n) is 13.5. The van der Waals surface area contributed by atoms with Gasteiger partial charge in [0.15, 0.2) is 12.4 Å². The van der Waals surface area contributed by atoms with Gasteiger partial charge in [-0.3, -0.25) is 9.59 Å². The molecule has 3 fully saturated rings. The quantitative estimate of drug-likeness (QED) is 0.498. The zero-order valence-corrected chi connectivity index (χ0v) is 21.8. The molecule has 1 aromatic rings. The Hall–Kier alpha value is -2.48. The van der Waals surface area contributed by atoms with Crippen LogP contribution in [0.15, 0.2) is 29.3 Å². The third-order valence-corrected chi connectivity index (χ3v) is 10.4. The molecule has 6 atom stereocenters. The Balaban J connectivity index is 1.19. The molecule has 4 aliphatic rings. The fourth-order valence-corrected chi connectivity index (χ4v) is 8.22. The van der Waals surface area contributed by atoms with Crippen LogP contribution in [0.25, 0.3) is 0 Å². The van der Waals surface area contributed by atoms with Crippen molar-refractivity contribution in [3.63, 3.8) is 0 Å². The van der Waals surface area contributed by atoms with Crippen LogP contribution in [0.4, 0.5) is 0 Å². The van der Waals surface area contributed by atoms with Crippen LogP contribution < -0.4 is 5.32 Å². The molecule has 1 aromatic heterocycles. The van der Waals surface area contributed by atoms with Crippen LogP contribution in [0.3, 0.4) is 0 Å². The number of nitrogens with zero attached hydrogens (tertiary/aromatic N) is 2. The molecule has 0 radical (unpaired) electrons. The lowest BCUT2D eigenvalue weighted by molar-refractivity contribution is -0.159. The molecule has 8 heteroatoms. The molecule has 3 saturated carbocycles. The zero-order chi connectivity index (χ0) is 25.6. The van der Waals surface area contributed by atoms with Gasteiger partial charge in [-0.1, -0.05) is 24.6 Å². The Morgan fingerprint density at radius 2 is 2.00 bits per heavy atom. The van der Waals surface area contributed by atoms with E-state index in [9.17, 15) is 14.7 Å². The van der Waals surface area contributed by atoms with E-state index in [1.807, 2.05) is 0 Å². The number of H-pyrrole nitrogens is 1. The minimum atomic E-state index is -1.16. The largest absolute Gasteiger partial charge is 0.385 e. The Kier molecular flexibility index (Phi) is 6.60. The second-order valence-electron chi connectivity index (χ2n) is 11.9. The second-order valence-corrected chi connectivity index (χ2v) is 11.9. The van der Waals surface area contributed by atoms with Crippen LogP contribution in [0.5, 0.6) is 0 Å². The highest BCUT2D eigenvalue weighted by Gasteiger charge is 2.65. The SMILES string of the molecule is CC(=O)[C@]1(O)CC[C@@H]2[C@H]3CCC4=C/C(=N/OCC(=O)NCCc5cnc[nH]5)CC[C@]4(C)[C@@H]3CC[C@]21C. The van der Waals surface area contributed by atoms with Gasteiger partial charge in [-0.15, -0.1) is 0 Å². The van der Waals surface area contributed by atoms with Crippen LogP contribution in [0.2, 0.25) is 0 Å². The van der Waals surface area contributed by atoms with Gasteiger partial charge in [0.25, 0.3) is 5.91 Å². The van der Waals surface area contributed by atoms with E-state index in [0.29, 0.717) is 37.1 Å². The number of nitrogens with one attached hydrogen (secondary N) is 2. The van der Waals surface area contributed by atoms with E-state index >= 15 is 0 Å². The lowest BCUT2D eigenvalue weighted by atomic mass is 9.46. The van der Waals surface area contributed by atoms with E-state index < -0.39 is 5.60 Å². The number of amides is 1. The van der Waals surface area contributed by atoms with E-state index in [0.717, 1.165) is 56.4 Å². The van der Waals surface area contributed by atoms with Gasteiger partial charge in [0.05, 0.1) is 12.0 Å². The first-order chi connectivity index (χ1) is 17.2. The highest BCUT2D eigenvalue weighted by molar-refractivity contribution is 5.96. The minimum Gasteiger partial charge on any atom is -0.385 e. The standard InChI is InChI=1S/C28H40N4O4/c1-18(33)28(35)12-8-24-22-5-4-19-14-20(6-10-26(19,2)23(22)7-11-27(24,28)3)32-36-16-25(34)30-13-9-21-15-29-17-31-21/h14-15,17,22-24,35H,4-13,16H2,1-3H3,(H,29,31)(H,30,34)/b32-20+/t22-,23+,24+,26-,27+,28+/m0/s1. The summed E-state index contributed by atoms with van der Waals surface area (Å²) >= 11 is 0. The zero-order valence-electron chi connectivity index (χ0n) is 21.8. The normalized spacial score (nSPS) is 38.5. The number of carbonyl (C=O) groups is 2. The maximum Gasteiger partial charge on any atom is 0.260 e. The maximum atomic E-state index is 12.4.